The minimum Gasteiger partial charge on any atom is -0.385 e. The number of nitrogens with zero attached hydrogens (tertiary/aromatic N) is 2. The van der Waals surface area contributed by atoms with Crippen LogP contribution in [0.4, 0.5) is 0 Å². The highest BCUT2D eigenvalue weighted by Crippen LogP contribution is 2.07. The van der Waals surface area contributed by atoms with Gasteiger partial charge in [0.2, 0.25) is 15.9 Å². The summed E-state index contributed by atoms with van der Waals surface area (Å²) < 4.78 is 30.5. The van der Waals surface area contributed by atoms with E-state index in [4.69, 9.17) is 4.74 Å². The molecule has 0 aromatic rings. The van der Waals surface area contributed by atoms with Crippen LogP contribution in [0.15, 0.2) is 0 Å². The van der Waals surface area contributed by atoms with Crippen molar-refractivity contribution >= 4 is 15.9 Å². The number of carbonyl (C=O) groups excluding carboxylic acids is 1. The second-order valence-corrected chi connectivity index (χ2v) is 7.05. The largest absolute Gasteiger partial charge is 0.385 e. The van der Waals surface area contributed by atoms with E-state index in [9.17, 15) is 13.2 Å². The van der Waals surface area contributed by atoms with Crippen molar-refractivity contribution in [3.05, 3.63) is 0 Å². The lowest BCUT2D eigenvalue weighted by Gasteiger charge is -2.31. The van der Waals surface area contributed by atoms with Crippen LogP contribution in [0.5, 0.6) is 0 Å². The summed E-state index contributed by atoms with van der Waals surface area (Å²) in [7, 11) is 0.255. The molecule has 1 rings (SSSR count). The first-order valence-electron chi connectivity index (χ1n) is 6.87. The Morgan fingerprint density at radius 2 is 1.90 bits per heavy atom. The summed E-state index contributed by atoms with van der Waals surface area (Å²) in [5.41, 5.74) is 0. The molecule has 1 amide bonds. The Bertz CT molecular complexity index is 392. The van der Waals surface area contributed by atoms with E-state index in [0.29, 0.717) is 26.2 Å². The first-order chi connectivity index (χ1) is 9.45. The molecule has 1 N–H and O–H groups in total. The van der Waals surface area contributed by atoms with E-state index < -0.39 is 10.0 Å². The van der Waals surface area contributed by atoms with E-state index in [1.54, 1.807) is 7.11 Å². The molecule has 0 spiro atoms. The lowest BCUT2D eigenvalue weighted by Crippen LogP contribution is -2.48. The zero-order chi connectivity index (χ0) is 15.0. The van der Waals surface area contributed by atoms with Gasteiger partial charge in [-0.15, -0.1) is 0 Å². The predicted octanol–water partition coefficient (Wildman–Crippen LogP) is -0.894. The molecule has 0 aromatic heterocycles. The molecular formula is C12H25N3O4S. The molecule has 1 fully saturated rings. The van der Waals surface area contributed by atoms with Crippen LogP contribution in [0, 0.1) is 0 Å². The average Bonchev–Trinajstić information content (AvgIpc) is 2.42. The standard InChI is InChI=1S/C12H25N3O4S/c1-14-6-8-15(9-7-14)20(17,18)11-4-12(16)13-5-3-10-19-2/h3-11H2,1-2H3,(H,13,16). The van der Waals surface area contributed by atoms with E-state index in [1.165, 1.54) is 4.31 Å². The zero-order valence-corrected chi connectivity index (χ0v) is 13.1. The first-order valence-corrected chi connectivity index (χ1v) is 8.48. The second kappa shape index (κ2) is 8.56. The fourth-order valence-electron chi connectivity index (χ4n) is 1.95. The van der Waals surface area contributed by atoms with Crippen molar-refractivity contribution in [2.75, 3.05) is 59.2 Å². The molecule has 0 unspecified atom stereocenters. The monoisotopic (exact) mass is 307 g/mol. The smallest absolute Gasteiger partial charge is 0.221 e. The van der Waals surface area contributed by atoms with Crippen molar-refractivity contribution in [3.63, 3.8) is 0 Å². The van der Waals surface area contributed by atoms with Crippen molar-refractivity contribution in [2.24, 2.45) is 0 Å². The van der Waals surface area contributed by atoms with Crippen LogP contribution in [-0.2, 0) is 19.6 Å². The maximum atomic E-state index is 12.1. The van der Waals surface area contributed by atoms with Crippen molar-refractivity contribution in [1.82, 2.24) is 14.5 Å². The van der Waals surface area contributed by atoms with Gasteiger partial charge in [0.05, 0.1) is 5.75 Å². The Labute approximate surface area is 121 Å². The van der Waals surface area contributed by atoms with Gasteiger partial charge in [-0.3, -0.25) is 4.79 Å². The van der Waals surface area contributed by atoms with Gasteiger partial charge in [-0.2, -0.15) is 4.31 Å². The zero-order valence-electron chi connectivity index (χ0n) is 12.3. The van der Waals surface area contributed by atoms with E-state index in [1.807, 2.05) is 7.05 Å². The highest BCUT2D eigenvalue weighted by atomic mass is 32.2. The number of hydrogen-bond acceptors (Lipinski definition) is 5. The molecule has 0 bridgehead atoms. The fourth-order valence-corrected chi connectivity index (χ4v) is 3.37. The molecule has 0 aliphatic carbocycles. The Morgan fingerprint density at radius 3 is 2.50 bits per heavy atom. The lowest BCUT2D eigenvalue weighted by molar-refractivity contribution is -0.120. The third-order valence-corrected chi connectivity index (χ3v) is 5.16. The van der Waals surface area contributed by atoms with E-state index in [-0.39, 0.29) is 18.1 Å². The van der Waals surface area contributed by atoms with Gasteiger partial charge in [0.1, 0.15) is 0 Å². The molecule has 0 atom stereocenters. The summed E-state index contributed by atoms with van der Waals surface area (Å²) in [6, 6.07) is 0. The minimum atomic E-state index is -3.32. The Balaban J connectivity index is 2.27. The molecule has 1 saturated heterocycles. The van der Waals surface area contributed by atoms with Crippen molar-refractivity contribution < 1.29 is 17.9 Å². The number of nitrogens with one attached hydrogen (secondary N) is 1. The maximum absolute atomic E-state index is 12.1. The topological polar surface area (TPSA) is 78.9 Å². The minimum absolute atomic E-state index is 0.0155. The Hall–Kier alpha value is -0.700. The van der Waals surface area contributed by atoms with Gasteiger partial charge in [0.15, 0.2) is 0 Å². The van der Waals surface area contributed by atoms with Crippen LogP contribution in [0.25, 0.3) is 0 Å². The normalized spacial score (nSPS) is 18.1. The number of carbonyl (C=O) groups is 1. The summed E-state index contributed by atoms with van der Waals surface area (Å²) in [6.45, 7) is 3.59. The third-order valence-electron chi connectivity index (χ3n) is 3.29. The van der Waals surface area contributed by atoms with Crippen LogP contribution >= 0.6 is 0 Å². The van der Waals surface area contributed by atoms with E-state index >= 15 is 0 Å². The molecule has 0 aromatic carbocycles. The molecular weight excluding hydrogens is 282 g/mol. The molecule has 1 aliphatic rings. The van der Waals surface area contributed by atoms with Crippen LogP contribution in [0.2, 0.25) is 0 Å². The SMILES string of the molecule is COCCCNC(=O)CCS(=O)(=O)N1CCN(C)CC1. The number of ether oxygens (including phenoxy) is 1. The maximum Gasteiger partial charge on any atom is 0.221 e. The summed E-state index contributed by atoms with van der Waals surface area (Å²) in [5.74, 6) is -0.342. The van der Waals surface area contributed by atoms with Gasteiger partial charge in [-0.1, -0.05) is 0 Å². The molecule has 8 heteroatoms. The molecule has 1 heterocycles. The number of amides is 1. The van der Waals surface area contributed by atoms with Gasteiger partial charge in [-0.05, 0) is 13.5 Å². The Morgan fingerprint density at radius 1 is 1.25 bits per heavy atom. The lowest BCUT2D eigenvalue weighted by atomic mass is 10.4. The van der Waals surface area contributed by atoms with Gasteiger partial charge in [0.25, 0.3) is 0 Å². The highest BCUT2D eigenvalue weighted by Gasteiger charge is 2.25. The molecule has 7 nitrogen and oxygen atoms in total. The van der Waals surface area contributed by atoms with Gasteiger partial charge < -0.3 is 15.0 Å². The van der Waals surface area contributed by atoms with Gasteiger partial charge in [0, 0.05) is 52.9 Å². The second-order valence-electron chi connectivity index (χ2n) is 4.96. The van der Waals surface area contributed by atoms with Gasteiger partial charge in [-0.25, -0.2) is 8.42 Å². The summed E-state index contributed by atoms with van der Waals surface area (Å²) in [4.78, 5) is 13.6. The number of rotatable bonds is 8. The Kier molecular flexibility index (Phi) is 7.42. The van der Waals surface area contributed by atoms with Crippen molar-refractivity contribution in [2.45, 2.75) is 12.8 Å². The van der Waals surface area contributed by atoms with Crippen LogP contribution < -0.4 is 5.32 Å². The molecule has 0 saturated carbocycles. The number of sulfonamides is 1. The third kappa shape index (κ3) is 6.17. The quantitative estimate of drug-likeness (QED) is 0.588. The molecule has 118 valence electrons. The van der Waals surface area contributed by atoms with Crippen LogP contribution in [-0.4, -0.2) is 82.8 Å². The number of piperazine rings is 1. The van der Waals surface area contributed by atoms with Crippen LogP contribution in [0.1, 0.15) is 12.8 Å². The first kappa shape index (κ1) is 17.4. The van der Waals surface area contributed by atoms with Crippen molar-refractivity contribution in [1.29, 1.82) is 0 Å². The fraction of sp³-hybridized carbons (Fsp3) is 0.917. The number of hydrogen-bond donors (Lipinski definition) is 1. The highest BCUT2D eigenvalue weighted by molar-refractivity contribution is 7.89. The molecule has 20 heavy (non-hydrogen) atoms. The van der Waals surface area contributed by atoms with Crippen LogP contribution in [0.3, 0.4) is 0 Å². The van der Waals surface area contributed by atoms with Gasteiger partial charge >= 0.3 is 0 Å². The molecule has 1 aliphatic heterocycles. The summed E-state index contributed by atoms with van der Waals surface area (Å²) in [6.07, 6.45) is 0.745. The average molecular weight is 307 g/mol. The summed E-state index contributed by atoms with van der Waals surface area (Å²) >= 11 is 0. The molecule has 0 radical (unpaired) electrons. The van der Waals surface area contributed by atoms with E-state index in [0.717, 1.165) is 19.5 Å². The van der Waals surface area contributed by atoms with E-state index in [2.05, 4.69) is 10.2 Å². The number of methoxy groups -OCH3 is 1. The number of likely N-dealkylation sites (N-methyl/N-ethyl adjacent to an activating group) is 1. The summed E-state index contributed by atoms with van der Waals surface area (Å²) in [5, 5.41) is 2.69. The predicted molar refractivity (Wildman–Crippen MR) is 77.0 cm³/mol. The van der Waals surface area contributed by atoms with Crippen molar-refractivity contribution in [3.8, 4) is 0 Å².